The highest BCUT2D eigenvalue weighted by atomic mass is 16.1. The summed E-state index contributed by atoms with van der Waals surface area (Å²) < 4.78 is 0. The molecule has 0 aliphatic carbocycles. The van der Waals surface area contributed by atoms with Gasteiger partial charge in [0.2, 0.25) is 0 Å². The SMILES string of the molecule is CC(CCNc1ccc(N)cc1C(N)=O)c1ccccc1. The van der Waals surface area contributed by atoms with Crippen molar-refractivity contribution in [2.24, 2.45) is 5.73 Å². The molecule has 0 saturated heterocycles. The molecule has 2 aromatic carbocycles. The van der Waals surface area contributed by atoms with Gasteiger partial charge in [0.1, 0.15) is 0 Å². The number of nitrogens with two attached hydrogens (primary N) is 2. The van der Waals surface area contributed by atoms with Crippen molar-refractivity contribution in [3.05, 3.63) is 59.7 Å². The largest absolute Gasteiger partial charge is 0.399 e. The molecule has 0 aliphatic heterocycles. The highest BCUT2D eigenvalue weighted by molar-refractivity contribution is 5.99. The highest BCUT2D eigenvalue weighted by Gasteiger charge is 2.09. The Hall–Kier alpha value is -2.49. The Balaban J connectivity index is 1.96. The Labute approximate surface area is 125 Å². The topological polar surface area (TPSA) is 81.1 Å². The molecule has 110 valence electrons. The smallest absolute Gasteiger partial charge is 0.250 e. The molecular formula is C17H21N3O. The lowest BCUT2D eigenvalue weighted by molar-refractivity contribution is 0.100. The molecule has 0 aliphatic rings. The number of carbonyl (C=O) groups excluding carboxylic acids is 1. The molecule has 0 radical (unpaired) electrons. The van der Waals surface area contributed by atoms with Gasteiger partial charge in [0, 0.05) is 17.9 Å². The van der Waals surface area contributed by atoms with Crippen LogP contribution in [0.15, 0.2) is 48.5 Å². The lowest BCUT2D eigenvalue weighted by Gasteiger charge is -2.14. The Kier molecular flexibility index (Phi) is 4.82. The lowest BCUT2D eigenvalue weighted by Crippen LogP contribution is -2.16. The van der Waals surface area contributed by atoms with Gasteiger partial charge in [-0.05, 0) is 36.1 Å². The second kappa shape index (κ2) is 6.79. The van der Waals surface area contributed by atoms with E-state index in [-0.39, 0.29) is 0 Å². The van der Waals surface area contributed by atoms with Crippen LogP contribution in [-0.2, 0) is 0 Å². The minimum absolute atomic E-state index is 0.433. The molecule has 0 spiro atoms. The van der Waals surface area contributed by atoms with Crippen LogP contribution < -0.4 is 16.8 Å². The summed E-state index contributed by atoms with van der Waals surface area (Å²) in [6.07, 6.45) is 0.965. The summed E-state index contributed by atoms with van der Waals surface area (Å²) in [5, 5.41) is 3.27. The van der Waals surface area contributed by atoms with E-state index in [1.165, 1.54) is 5.56 Å². The average Bonchev–Trinajstić information content (AvgIpc) is 2.49. The molecule has 0 saturated carbocycles. The van der Waals surface area contributed by atoms with E-state index >= 15 is 0 Å². The van der Waals surface area contributed by atoms with Crippen LogP contribution in [0.1, 0.15) is 35.2 Å². The fourth-order valence-electron chi connectivity index (χ4n) is 2.29. The van der Waals surface area contributed by atoms with Crippen molar-refractivity contribution in [2.75, 3.05) is 17.6 Å². The molecular weight excluding hydrogens is 262 g/mol. The number of hydrogen-bond acceptors (Lipinski definition) is 3. The molecule has 2 rings (SSSR count). The second-order valence-electron chi connectivity index (χ2n) is 5.20. The van der Waals surface area contributed by atoms with Crippen LogP contribution >= 0.6 is 0 Å². The summed E-state index contributed by atoms with van der Waals surface area (Å²) in [5.41, 5.74) is 14.1. The van der Waals surface area contributed by atoms with E-state index in [4.69, 9.17) is 11.5 Å². The quantitative estimate of drug-likeness (QED) is 0.713. The summed E-state index contributed by atoms with van der Waals surface area (Å²) >= 11 is 0. The van der Waals surface area contributed by atoms with Crippen molar-refractivity contribution >= 4 is 17.3 Å². The molecule has 0 heterocycles. The minimum atomic E-state index is -0.471. The van der Waals surface area contributed by atoms with Gasteiger partial charge < -0.3 is 16.8 Å². The van der Waals surface area contributed by atoms with Gasteiger partial charge in [-0.2, -0.15) is 0 Å². The number of benzene rings is 2. The van der Waals surface area contributed by atoms with Crippen molar-refractivity contribution in [3.63, 3.8) is 0 Å². The third-order valence-electron chi connectivity index (χ3n) is 3.57. The van der Waals surface area contributed by atoms with Crippen LogP contribution in [0.4, 0.5) is 11.4 Å². The Morgan fingerprint density at radius 2 is 1.90 bits per heavy atom. The summed E-state index contributed by atoms with van der Waals surface area (Å²) in [7, 11) is 0. The van der Waals surface area contributed by atoms with Crippen LogP contribution in [0.2, 0.25) is 0 Å². The number of primary amides is 1. The molecule has 2 aromatic rings. The summed E-state index contributed by atoms with van der Waals surface area (Å²) in [6, 6.07) is 15.5. The normalized spacial score (nSPS) is 11.9. The molecule has 0 fully saturated rings. The van der Waals surface area contributed by atoms with Crippen molar-refractivity contribution in [3.8, 4) is 0 Å². The van der Waals surface area contributed by atoms with E-state index in [1.807, 2.05) is 18.2 Å². The number of carbonyl (C=O) groups is 1. The maximum atomic E-state index is 11.4. The zero-order valence-corrected chi connectivity index (χ0v) is 12.2. The highest BCUT2D eigenvalue weighted by Crippen LogP contribution is 2.21. The molecule has 0 bridgehead atoms. The number of hydrogen-bond donors (Lipinski definition) is 3. The van der Waals surface area contributed by atoms with E-state index in [1.54, 1.807) is 18.2 Å². The van der Waals surface area contributed by atoms with Crippen LogP contribution in [0.25, 0.3) is 0 Å². The van der Waals surface area contributed by atoms with Gasteiger partial charge in [-0.25, -0.2) is 0 Å². The van der Waals surface area contributed by atoms with Crippen molar-refractivity contribution < 1.29 is 4.79 Å². The van der Waals surface area contributed by atoms with Crippen LogP contribution in [0.3, 0.4) is 0 Å². The Bertz CT molecular complexity index is 611. The summed E-state index contributed by atoms with van der Waals surface area (Å²) in [5.74, 6) is -0.0228. The maximum absolute atomic E-state index is 11.4. The monoisotopic (exact) mass is 283 g/mol. The number of rotatable bonds is 6. The van der Waals surface area contributed by atoms with Crippen molar-refractivity contribution in [1.29, 1.82) is 0 Å². The number of nitrogens with one attached hydrogen (secondary N) is 1. The second-order valence-corrected chi connectivity index (χ2v) is 5.20. The predicted molar refractivity (Wildman–Crippen MR) is 87.3 cm³/mol. The number of amides is 1. The third-order valence-corrected chi connectivity index (χ3v) is 3.57. The first kappa shape index (κ1) is 14.9. The number of nitrogen functional groups attached to an aromatic ring is 1. The van der Waals surface area contributed by atoms with Gasteiger partial charge in [-0.3, -0.25) is 4.79 Å². The summed E-state index contributed by atoms with van der Waals surface area (Å²) in [4.78, 5) is 11.4. The molecule has 0 aromatic heterocycles. The van der Waals surface area contributed by atoms with Gasteiger partial charge in [-0.1, -0.05) is 37.3 Å². The Morgan fingerprint density at radius 1 is 1.19 bits per heavy atom. The molecule has 4 nitrogen and oxygen atoms in total. The molecule has 1 unspecified atom stereocenters. The molecule has 1 amide bonds. The first-order chi connectivity index (χ1) is 10.1. The Morgan fingerprint density at radius 3 is 2.57 bits per heavy atom. The van der Waals surface area contributed by atoms with Crippen LogP contribution in [-0.4, -0.2) is 12.5 Å². The standard InChI is InChI=1S/C17H21N3O/c1-12(13-5-3-2-4-6-13)9-10-20-16-8-7-14(18)11-15(16)17(19)21/h2-8,11-12,20H,9-10,18H2,1H3,(H2,19,21). The van der Waals surface area contributed by atoms with E-state index in [2.05, 4.69) is 24.4 Å². The van der Waals surface area contributed by atoms with Gasteiger partial charge >= 0.3 is 0 Å². The van der Waals surface area contributed by atoms with Crippen LogP contribution in [0, 0.1) is 0 Å². The van der Waals surface area contributed by atoms with Crippen molar-refractivity contribution in [2.45, 2.75) is 19.3 Å². The zero-order chi connectivity index (χ0) is 15.2. The predicted octanol–water partition coefficient (Wildman–Crippen LogP) is 2.97. The molecule has 5 N–H and O–H groups in total. The van der Waals surface area contributed by atoms with E-state index in [9.17, 15) is 4.79 Å². The van der Waals surface area contributed by atoms with Gasteiger partial charge in [0.05, 0.1) is 5.56 Å². The summed E-state index contributed by atoms with van der Waals surface area (Å²) in [6.45, 7) is 2.95. The van der Waals surface area contributed by atoms with E-state index in [0.29, 0.717) is 17.2 Å². The fraction of sp³-hybridized carbons (Fsp3) is 0.235. The zero-order valence-electron chi connectivity index (χ0n) is 12.2. The van der Waals surface area contributed by atoms with Gasteiger partial charge in [0.25, 0.3) is 5.91 Å². The first-order valence-corrected chi connectivity index (χ1v) is 7.06. The molecule has 1 atom stereocenters. The van der Waals surface area contributed by atoms with Crippen LogP contribution in [0.5, 0.6) is 0 Å². The first-order valence-electron chi connectivity index (χ1n) is 7.06. The molecule has 4 heteroatoms. The van der Waals surface area contributed by atoms with Gasteiger partial charge in [-0.15, -0.1) is 0 Å². The average molecular weight is 283 g/mol. The van der Waals surface area contributed by atoms with E-state index < -0.39 is 5.91 Å². The van der Waals surface area contributed by atoms with Gasteiger partial charge in [0.15, 0.2) is 0 Å². The fourth-order valence-corrected chi connectivity index (χ4v) is 2.29. The third kappa shape index (κ3) is 3.99. The molecule has 21 heavy (non-hydrogen) atoms. The maximum Gasteiger partial charge on any atom is 0.250 e. The van der Waals surface area contributed by atoms with E-state index in [0.717, 1.165) is 18.7 Å². The van der Waals surface area contributed by atoms with Crippen molar-refractivity contribution in [1.82, 2.24) is 0 Å². The minimum Gasteiger partial charge on any atom is -0.399 e. The number of anilines is 2. The lowest BCUT2D eigenvalue weighted by atomic mass is 9.98.